The van der Waals surface area contributed by atoms with Gasteiger partial charge in [0.25, 0.3) is 21.9 Å². The molecule has 0 aliphatic carbocycles. The third kappa shape index (κ3) is 4.14. The molecule has 0 N–H and O–H groups in total. The van der Waals surface area contributed by atoms with E-state index < -0.39 is 27.9 Å². The van der Waals surface area contributed by atoms with Gasteiger partial charge in [0.15, 0.2) is 0 Å². The molecule has 0 radical (unpaired) electrons. The Labute approximate surface area is 130 Å². The van der Waals surface area contributed by atoms with Crippen molar-refractivity contribution in [3.8, 4) is 0 Å². The van der Waals surface area contributed by atoms with Crippen LogP contribution in [0, 0.1) is 5.92 Å². The maximum atomic E-state index is 12.2. The van der Waals surface area contributed by atoms with Crippen molar-refractivity contribution in [3.05, 3.63) is 35.9 Å². The Hall–Kier alpha value is -1.73. The number of nitrogens with zero attached hydrogens (tertiary/aromatic N) is 1. The van der Waals surface area contributed by atoms with Crippen LogP contribution in [0.4, 0.5) is 0 Å². The summed E-state index contributed by atoms with van der Waals surface area (Å²) in [7, 11) is -3.91. The third-order valence-corrected chi connectivity index (χ3v) is 4.62. The predicted molar refractivity (Wildman–Crippen MR) is 79.9 cm³/mol. The number of rotatable bonds is 7. The van der Waals surface area contributed by atoms with Crippen LogP contribution in [0.5, 0.6) is 0 Å². The minimum Gasteiger partial charge on any atom is -0.272 e. The van der Waals surface area contributed by atoms with Crippen LogP contribution in [-0.2, 0) is 30.4 Å². The van der Waals surface area contributed by atoms with E-state index in [1.54, 1.807) is 0 Å². The molecule has 2 amide bonds. The molecule has 1 heterocycles. The van der Waals surface area contributed by atoms with Crippen LogP contribution in [0.2, 0.25) is 0 Å². The van der Waals surface area contributed by atoms with Crippen LogP contribution in [0.3, 0.4) is 0 Å². The SMILES string of the molecule is CCCCS(=O)(=O)ON1C(=O)CC(Cc2ccccc2)C1=O. The van der Waals surface area contributed by atoms with Gasteiger partial charge in [0.2, 0.25) is 0 Å². The number of carbonyl (C=O) groups excluding carboxylic acids is 2. The average Bonchev–Trinajstić information content (AvgIpc) is 2.74. The minimum absolute atomic E-state index is 0.0307. The maximum Gasteiger partial charge on any atom is 0.288 e. The van der Waals surface area contributed by atoms with E-state index >= 15 is 0 Å². The van der Waals surface area contributed by atoms with Gasteiger partial charge in [0, 0.05) is 6.42 Å². The molecular weight excluding hydrogens is 306 g/mol. The molecule has 6 nitrogen and oxygen atoms in total. The molecule has 120 valence electrons. The molecule has 1 aromatic rings. The van der Waals surface area contributed by atoms with Crippen LogP contribution >= 0.6 is 0 Å². The molecule has 1 aromatic carbocycles. The molecule has 7 heteroatoms. The summed E-state index contributed by atoms with van der Waals surface area (Å²) in [5.41, 5.74) is 0.921. The lowest BCUT2D eigenvalue weighted by Gasteiger charge is -2.14. The van der Waals surface area contributed by atoms with Crippen molar-refractivity contribution >= 4 is 21.9 Å². The molecule has 22 heavy (non-hydrogen) atoms. The van der Waals surface area contributed by atoms with E-state index in [0.29, 0.717) is 24.3 Å². The number of imide groups is 1. The van der Waals surface area contributed by atoms with Gasteiger partial charge in [0.1, 0.15) is 0 Å². The van der Waals surface area contributed by atoms with E-state index in [2.05, 4.69) is 0 Å². The Morgan fingerprint density at radius 2 is 1.91 bits per heavy atom. The Balaban J connectivity index is 2.03. The molecule has 0 aromatic heterocycles. The number of carbonyl (C=O) groups is 2. The largest absolute Gasteiger partial charge is 0.288 e. The second-order valence-corrected chi connectivity index (χ2v) is 6.98. The summed E-state index contributed by atoms with van der Waals surface area (Å²) in [5.74, 6) is -1.97. The van der Waals surface area contributed by atoms with Crippen LogP contribution in [-0.4, -0.2) is 31.0 Å². The van der Waals surface area contributed by atoms with Crippen molar-refractivity contribution in [1.29, 1.82) is 0 Å². The van der Waals surface area contributed by atoms with Crippen molar-refractivity contribution in [2.45, 2.75) is 32.6 Å². The van der Waals surface area contributed by atoms with Gasteiger partial charge in [-0.3, -0.25) is 9.59 Å². The second kappa shape index (κ2) is 7.02. The summed E-state index contributed by atoms with van der Waals surface area (Å²) in [4.78, 5) is 24.0. The van der Waals surface area contributed by atoms with Crippen LogP contribution in [0.25, 0.3) is 0 Å². The highest BCUT2D eigenvalue weighted by Crippen LogP contribution is 2.25. The maximum absolute atomic E-state index is 12.2. The number of benzene rings is 1. The van der Waals surface area contributed by atoms with E-state index in [4.69, 9.17) is 4.28 Å². The van der Waals surface area contributed by atoms with E-state index in [-0.39, 0.29) is 12.2 Å². The standard InChI is InChI=1S/C15H19NO5S/c1-2-3-9-22(19,20)21-16-14(17)11-13(15(16)18)10-12-7-5-4-6-8-12/h4-8,13H,2-3,9-11H2,1H3. The van der Waals surface area contributed by atoms with Crippen molar-refractivity contribution in [3.63, 3.8) is 0 Å². The van der Waals surface area contributed by atoms with E-state index in [1.165, 1.54) is 0 Å². The zero-order valence-electron chi connectivity index (χ0n) is 12.4. The number of unbranched alkanes of at least 4 members (excludes halogenated alkanes) is 1. The predicted octanol–water partition coefficient (Wildman–Crippen LogP) is 1.67. The molecule has 1 atom stereocenters. The van der Waals surface area contributed by atoms with Crippen molar-refractivity contribution in [1.82, 2.24) is 5.06 Å². The van der Waals surface area contributed by atoms with Crippen LogP contribution in [0.15, 0.2) is 30.3 Å². The molecule has 1 aliphatic heterocycles. The highest BCUT2D eigenvalue weighted by Gasteiger charge is 2.42. The van der Waals surface area contributed by atoms with Gasteiger partial charge in [0.05, 0.1) is 11.7 Å². The molecule has 1 aliphatic rings. The molecule has 0 saturated carbocycles. The first-order valence-electron chi connectivity index (χ1n) is 7.26. The molecule has 2 rings (SSSR count). The minimum atomic E-state index is -3.91. The van der Waals surface area contributed by atoms with E-state index in [1.807, 2.05) is 37.3 Å². The van der Waals surface area contributed by atoms with Gasteiger partial charge in [-0.25, -0.2) is 0 Å². The zero-order chi connectivity index (χ0) is 16.2. The zero-order valence-corrected chi connectivity index (χ0v) is 13.2. The Morgan fingerprint density at radius 1 is 1.23 bits per heavy atom. The first-order chi connectivity index (χ1) is 10.4. The Morgan fingerprint density at radius 3 is 2.55 bits per heavy atom. The molecule has 1 saturated heterocycles. The first-order valence-corrected chi connectivity index (χ1v) is 8.83. The molecule has 0 bridgehead atoms. The highest BCUT2D eigenvalue weighted by molar-refractivity contribution is 7.86. The first kappa shape index (κ1) is 16.6. The lowest BCUT2D eigenvalue weighted by atomic mass is 9.98. The monoisotopic (exact) mass is 325 g/mol. The molecule has 1 fully saturated rings. The average molecular weight is 325 g/mol. The van der Waals surface area contributed by atoms with Gasteiger partial charge < -0.3 is 0 Å². The highest BCUT2D eigenvalue weighted by atomic mass is 32.2. The lowest BCUT2D eigenvalue weighted by Crippen LogP contribution is -2.34. The molecule has 0 spiro atoms. The fraction of sp³-hybridized carbons (Fsp3) is 0.467. The second-order valence-electron chi connectivity index (χ2n) is 5.31. The van der Waals surface area contributed by atoms with E-state index in [0.717, 1.165) is 5.56 Å². The van der Waals surface area contributed by atoms with Crippen LogP contribution in [0.1, 0.15) is 31.7 Å². The van der Waals surface area contributed by atoms with Gasteiger partial charge in [-0.2, -0.15) is 8.42 Å². The van der Waals surface area contributed by atoms with Gasteiger partial charge in [-0.05, 0) is 18.4 Å². The fourth-order valence-corrected chi connectivity index (χ4v) is 3.38. The smallest absolute Gasteiger partial charge is 0.272 e. The van der Waals surface area contributed by atoms with Crippen LogP contribution < -0.4 is 0 Å². The van der Waals surface area contributed by atoms with Crippen molar-refractivity contribution in [2.24, 2.45) is 5.92 Å². The van der Waals surface area contributed by atoms with Gasteiger partial charge in [-0.1, -0.05) is 43.7 Å². The Bertz CT molecular complexity index is 641. The summed E-state index contributed by atoms with van der Waals surface area (Å²) in [6.45, 7) is 1.84. The van der Waals surface area contributed by atoms with Crippen molar-refractivity contribution < 1.29 is 22.3 Å². The molecular formula is C15H19NO5S. The quantitative estimate of drug-likeness (QED) is 0.712. The summed E-state index contributed by atoms with van der Waals surface area (Å²) < 4.78 is 28.2. The number of hydrogen-bond donors (Lipinski definition) is 0. The lowest BCUT2D eigenvalue weighted by molar-refractivity contribution is -0.164. The normalized spacial score (nSPS) is 19.0. The third-order valence-electron chi connectivity index (χ3n) is 3.46. The van der Waals surface area contributed by atoms with Crippen molar-refractivity contribution in [2.75, 3.05) is 5.75 Å². The summed E-state index contributed by atoms with van der Waals surface area (Å²) >= 11 is 0. The number of hydroxylamine groups is 2. The number of amides is 2. The summed E-state index contributed by atoms with van der Waals surface area (Å²) in [6, 6.07) is 9.28. The molecule has 1 unspecified atom stereocenters. The Kier molecular flexibility index (Phi) is 5.31. The topological polar surface area (TPSA) is 80.8 Å². The summed E-state index contributed by atoms with van der Waals surface area (Å²) in [6.07, 6.45) is 1.46. The van der Waals surface area contributed by atoms with Gasteiger partial charge >= 0.3 is 0 Å². The summed E-state index contributed by atoms with van der Waals surface area (Å²) in [5, 5.41) is 0.415. The number of hydrogen-bond acceptors (Lipinski definition) is 5. The van der Waals surface area contributed by atoms with Gasteiger partial charge in [-0.15, -0.1) is 9.35 Å². The fourth-order valence-electron chi connectivity index (χ4n) is 2.28. The van der Waals surface area contributed by atoms with E-state index in [9.17, 15) is 18.0 Å².